The molecule has 3 aromatic carbocycles. The van der Waals surface area contributed by atoms with Crippen molar-refractivity contribution in [3.05, 3.63) is 102 Å². The van der Waals surface area contributed by atoms with E-state index in [4.69, 9.17) is 14.2 Å². The lowest BCUT2D eigenvalue weighted by molar-refractivity contribution is -0.130. The number of ether oxygens (including phenoxy) is 3. The highest BCUT2D eigenvalue weighted by molar-refractivity contribution is 5.89. The molecule has 0 atom stereocenters. The van der Waals surface area contributed by atoms with E-state index in [-0.39, 0.29) is 12.4 Å². The molecule has 0 saturated heterocycles. The minimum absolute atomic E-state index is 0.114. The zero-order valence-corrected chi connectivity index (χ0v) is 18.4. The maximum absolute atomic E-state index is 14.6. The van der Waals surface area contributed by atoms with Gasteiger partial charge in [0.05, 0.1) is 0 Å². The van der Waals surface area contributed by atoms with Crippen molar-refractivity contribution in [3.8, 4) is 28.4 Å². The van der Waals surface area contributed by atoms with Gasteiger partial charge in [0.15, 0.2) is 11.6 Å². The summed E-state index contributed by atoms with van der Waals surface area (Å²) in [6.45, 7) is 10.4. The highest BCUT2D eigenvalue weighted by atomic mass is 19.1. The van der Waals surface area contributed by atoms with Gasteiger partial charge in [0, 0.05) is 11.1 Å². The summed E-state index contributed by atoms with van der Waals surface area (Å²) in [6, 6.07) is 18.2. The van der Waals surface area contributed by atoms with Crippen LogP contribution in [0.3, 0.4) is 0 Å². The van der Waals surface area contributed by atoms with Gasteiger partial charge in [-0.15, -0.1) is 0 Å². The standard InChI is InChI=1S/C27H23FO5/c1-17(2)26(29)32-22-10-5-19(6-11-22)16-31-25-14-9-21(15-24(25)28)20-7-12-23(13-8-20)33-27(30)18(3)4/h5-15H,1,3,16H2,2,4H3. The number of rotatable bonds is 8. The molecule has 0 spiro atoms. The molecule has 0 heterocycles. The first-order valence-electron chi connectivity index (χ1n) is 10.1. The Hall–Kier alpha value is -4.19. The Labute approximate surface area is 191 Å². The third-order valence-electron chi connectivity index (χ3n) is 4.56. The first-order chi connectivity index (χ1) is 15.7. The van der Waals surface area contributed by atoms with Crippen LogP contribution >= 0.6 is 0 Å². The summed E-state index contributed by atoms with van der Waals surface area (Å²) in [5, 5.41) is 0. The smallest absolute Gasteiger partial charge is 0.338 e. The number of esters is 2. The second-order valence-corrected chi connectivity index (χ2v) is 7.44. The van der Waals surface area contributed by atoms with E-state index < -0.39 is 17.8 Å². The van der Waals surface area contributed by atoms with E-state index in [1.165, 1.54) is 6.07 Å². The molecule has 5 nitrogen and oxygen atoms in total. The molecule has 0 unspecified atom stereocenters. The van der Waals surface area contributed by atoms with E-state index in [1.54, 1.807) is 74.5 Å². The maximum Gasteiger partial charge on any atom is 0.338 e. The highest BCUT2D eigenvalue weighted by Crippen LogP contribution is 2.28. The minimum atomic E-state index is -0.503. The normalized spacial score (nSPS) is 10.3. The Morgan fingerprint density at radius 1 is 0.758 bits per heavy atom. The number of carbonyl (C=O) groups excluding carboxylic acids is 2. The Morgan fingerprint density at radius 2 is 1.24 bits per heavy atom. The molecule has 33 heavy (non-hydrogen) atoms. The van der Waals surface area contributed by atoms with E-state index in [0.29, 0.717) is 28.2 Å². The lowest BCUT2D eigenvalue weighted by Gasteiger charge is -2.10. The van der Waals surface area contributed by atoms with Gasteiger partial charge >= 0.3 is 11.9 Å². The van der Waals surface area contributed by atoms with Crippen LogP contribution in [0.25, 0.3) is 11.1 Å². The van der Waals surface area contributed by atoms with Crippen molar-refractivity contribution in [1.29, 1.82) is 0 Å². The third-order valence-corrected chi connectivity index (χ3v) is 4.56. The molecule has 0 saturated carbocycles. The molecule has 0 N–H and O–H groups in total. The molecule has 6 heteroatoms. The third kappa shape index (κ3) is 6.40. The Bertz CT molecular complexity index is 1190. The van der Waals surface area contributed by atoms with Crippen LogP contribution in [0.4, 0.5) is 4.39 Å². The second kappa shape index (κ2) is 10.4. The van der Waals surface area contributed by atoms with Crippen molar-refractivity contribution in [1.82, 2.24) is 0 Å². The van der Waals surface area contributed by atoms with Crippen molar-refractivity contribution < 1.29 is 28.2 Å². The van der Waals surface area contributed by atoms with Crippen molar-refractivity contribution >= 4 is 11.9 Å². The molecule has 0 aliphatic heterocycles. The zero-order valence-electron chi connectivity index (χ0n) is 18.4. The van der Waals surface area contributed by atoms with Crippen LogP contribution in [-0.4, -0.2) is 11.9 Å². The number of halogens is 1. The average Bonchev–Trinajstić information content (AvgIpc) is 2.79. The summed E-state index contributed by atoms with van der Waals surface area (Å²) in [5.74, 6) is -0.613. The van der Waals surface area contributed by atoms with Crippen molar-refractivity contribution in [2.24, 2.45) is 0 Å². The SMILES string of the molecule is C=C(C)C(=O)Oc1ccc(COc2ccc(-c3ccc(OC(=O)C(=C)C)cc3)cc2F)cc1. The van der Waals surface area contributed by atoms with E-state index in [9.17, 15) is 14.0 Å². The van der Waals surface area contributed by atoms with Crippen LogP contribution in [0.2, 0.25) is 0 Å². The van der Waals surface area contributed by atoms with Crippen molar-refractivity contribution in [3.63, 3.8) is 0 Å². The van der Waals surface area contributed by atoms with Gasteiger partial charge < -0.3 is 14.2 Å². The van der Waals surface area contributed by atoms with Crippen LogP contribution in [-0.2, 0) is 16.2 Å². The molecule has 3 aromatic rings. The van der Waals surface area contributed by atoms with Gasteiger partial charge in [-0.1, -0.05) is 43.5 Å². The van der Waals surface area contributed by atoms with Crippen molar-refractivity contribution in [2.45, 2.75) is 20.5 Å². The van der Waals surface area contributed by atoms with Gasteiger partial charge in [0.2, 0.25) is 0 Å². The minimum Gasteiger partial charge on any atom is -0.486 e. The van der Waals surface area contributed by atoms with E-state index in [1.807, 2.05) is 0 Å². The average molecular weight is 446 g/mol. The fourth-order valence-electron chi connectivity index (χ4n) is 2.72. The molecule has 0 bridgehead atoms. The first-order valence-corrected chi connectivity index (χ1v) is 10.1. The summed E-state index contributed by atoms with van der Waals surface area (Å²) in [5.41, 5.74) is 2.81. The Morgan fingerprint density at radius 3 is 1.73 bits per heavy atom. The van der Waals surface area contributed by atoms with Crippen LogP contribution in [0, 0.1) is 5.82 Å². The highest BCUT2D eigenvalue weighted by Gasteiger charge is 2.10. The quantitative estimate of drug-likeness (QED) is 0.240. The number of hydrogen-bond donors (Lipinski definition) is 0. The number of carbonyl (C=O) groups is 2. The van der Waals surface area contributed by atoms with E-state index in [0.717, 1.165) is 11.1 Å². The van der Waals surface area contributed by atoms with Gasteiger partial charge in [-0.05, 0) is 66.9 Å². The summed E-state index contributed by atoms with van der Waals surface area (Å²) < 4.78 is 30.5. The predicted octanol–water partition coefficient (Wildman–Crippen LogP) is 6.03. The molecule has 0 radical (unpaired) electrons. The number of hydrogen-bond acceptors (Lipinski definition) is 5. The summed E-state index contributed by atoms with van der Waals surface area (Å²) in [7, 11) is 0. The topological polar surface area (TPSA) is 61.8 Å². The number of benzene rings is 3. The largest absolute Gasteiger partial charge is 0.486 e. The molecule has 0 aliphatic carbocycles. The predicted molar refractivity (Wildman–Crippen MR) is 124 cm³/mol. The molecule has 0 aliphatic rings. The lowest BCUT2D eigenvalue weighted by atomic mass is 10.1. The van der Waals surface area contributed by atoms with Gasteiger partial charge in [-0.3, -0.25) is 0 Å². The van der Waals surface area contributed by atoms with Gasteiger partial charge in [-0.2, -0.15) is 0 Å². The maximum atomic E-state index is 14.6. The molecule has 0 aromatic heterocycles. The van der Waals surface area contributed by atoms with Crippen LogP contribution in [0.5, 0.6) is 17.2 Å². The molecule has 0 fully saturated rings. The Balaban J connectivity index is 1.61. The van der Waals surface area contributed by atoms with E-state index in [2.05, 4.69) is 13.2 Å². The van der Waals surface area contributed by atoms with Gasteiger partial charge in [0.25, 0.3) is 0 Å². The van der Waals surface area contributed by atoms with Crippen LogP contribution in [0.15, 0.2) is 91.0 Å². The molecule has 0 amide bonds. The first kappa shape index (κ1) is 23.5. The van der Waals surface area contributed by atoms with Gasteiger partial charge in [-0.25, -0.2) is 14.0 Å². The van der Waals surface area contributed by atoms with Crippen LogP contribution in [0.1, 0.15) is 19.4 Å². The summed E-state index contributed by atoms with van der Waals surface area (Å²) in [4.78, 5) is 23.1. The van der Waals surface area contributed by atoms with Crippen molar-refractivity contribution in [2.75, 3.05) is 0 Å². The molecular formula is C27H23FO5. The zero-order chi connectivity index (χ0) is 24.0. The summed E-state index contributed by atoms with van der Waals surface area (Å²) in [6.07, 6.45) is 0. The fourth-order valence-corrected chi connectivity index (χ4v) is 2.72. The lowest BCUT2D eigenvalue weighted by Crippen LogP contribution is -2.08. The molecule has 3 rings (SSSR count). The van der Waals surface area contributed by atoms with Crippen LogP contribution < -0.4 is 14.2 Å². The van der Waals surface area contributed by atoms with Gasteiger partial charge in [0.1, 0.15) is 18.1 Å². The summed E-state index contributed by atoms with van der Waals surface area (Å²) >= 11 is 0. The Kier molecular flexibility index (Phi) is 7.41. The molecular weight excluding hydrogens is 423 g/mol. The molecule has 168 valence electrons. The fraction of sp³-hybridized carbons (Fsp3) is 0.111. The monoisotopic (exact) mass is 446 g/mol. The second-order valence-electron chi connectivity index (χ2n) is 7.44. The van der Waals surface area contributed by atoms with E-state index >= 15 is 0 Å².